The molecule has 0 bridgehead atoms. The number of aryl methyl sites for hydroxylation is 3. The van der Waals surface area contributed by atoms with Gasteiger partial charge in [-0.3, -0.25) is 9.89 Å². The van der Waals surface area contributed by atoms with Gasteiger partial charge in [0.15, 0.2) is 0 Å². The Morgan fingerprint density at radius 2 is 1.85 bits per heavy atom. The van der Waals surface area contributed by atoms with E-state index in [0.29, 0.717) is 42.9 Å². The van der Waals surface area contributed by atoms with Gasteiger partial charge in [0.1, 0.15) is 4.90 Å². The fourth-order valence-electron chi connectivity index (χ4n) is 3.40. The minimum Gasteiger partial charge on any atom is -0.339 e. The van der Waals surface area contributed by atoms with Crippen molar-refractivity contribution in [2.24, 2.45) is 0 Å². The number of nitrogens with zero attached hydrogens (tertiary/aromatic N) is 2. The lowest BCUT2D eigenvalue weighted by Crippen LogP contribution is -2.46. The van der Waals surface area contributed by atoms with Crippen LogP contribution in [0.3, 0.4) is 0 Å². The van der Waals surface area contributed by atoms with Crippen LogP contribution in [0.2, 0.25) is 0 Å². The smallest absolute Gasteiger partial charge is 0.254 e. The van der Waals surface area contributed by atoms with Crippen LogP contribution in [0, 0.1) is 20.8 Å². The number of nitrogens with one attached hydrogen (secondary N) is 2. The second-order valence-electron chi connectivity index (χ2n) is 6.77. The van der Waals surface area contributed by atoms with Gasteiger partial charge in [-0.05, 0) is 45.2 Å². The third-order valence-electron chi connectivity index (χ3n) is 4.81. The minimum atomic E-state index is -3.62. The van der Waals surface area contributed by atoms with Crippen molar-refractivity contribution in [2.75, 3.05) is 13.1 Å². The molecule has 0 aliphatic carbocycles. The quantitative estimate of drug-likeness (QED) is 0.852. The van der Waals surface area contributed by atoms with Crippen molar-refractivity contribution < 1.29 is 13.2 Å². The molecule has 1 aliphatic heterocycles. The average molecular weight is 376 g/mol. The summed E-state index contributed by atoms with van der Waals surface area (Å²) in [5.74, 6) is 0.00549. The molecule has 0 atom stereocenters. The van der Waals surface area contributed by atoms with E-state index >= 15 is 0 Å². The van der Waals surface area contributed by atoms with Crippen molar-refractivity contribution in [1.29, 1.82) is 0 Å². The third-order valence-corrected chi connectivity index (χ3v) is 6.59. The molecule has 1 fully saturated rings. The van der Waals surface area contributed by atoms with E-state index in [1.54, 1.807) is 18.7 Å². The number of piperidine rings is 1. The molecule has 2 N–H and O–H groups in total. The van der Waals surface area contributed by atoms with Crippen LogP contribution in [-0.4, -0.2) is 48.6 Å². The molecular weight excluding hydrogens is 352 g/mol. The van der Waals surface area contributed by atoms with E-state index in [9.17, 15) is 13.2 Å². The lowest BCUT2D eigenvalue weighted by Gasteiger charge is -2.32. The van der Waals surface area contributed by atoms with E-state index < -0.39 is 10.0 Å². The number of benzene rings is 1. The van der Waals surface area contributed by atoms with Crippen LogP contribution in [-0.2, 0) is 10.0 Å². The summed E-state index contributed by atoms with van der Waals surface area (Å²) in [5.41, 5.74) is 2.65. The van der Waals surface area contributed by atoms with Gasteiger partial charge in [-0.25, -0.2) is 13.1 Å². The van der Waals surface area contributed by atoms with Crippen molar-refractivity contribution >= 4 is 15.9 Å². The monoisotopic (exact) mass is 376 g/mol. The molecule has 1 aromatic heterocycles. The molecule has 1 aromatic carbocycles. The van der Waals surface area contributed by atoms with E-state index in [1.807, 2.05) is 31.2 Å². The molecule has 2 heterocycles. The summed E-state index contributed by atoms with van der Waals surface area (Å²) < 4.78 is 28.0. The van der Waals surface area contributed by atoms with Gasteiger partial charge in [-0.1, -0.05) is 18.2 Å². The van der Waals surface area contributed by atoms with Gasteiger partial charge >= 0.3 is 0 Å². The van der Waals surface area contributed by atoms with Crippen molar-refractivity contribution in [3.8, 4) is 0 Å². The van der Waals surface area contributed by atoms with E-state index in [2.05, 4.69) is 14.9 Å². The number of likely N-dealkylation sites (tertiary alicyclic amines) is 1. The summed E-state index contributed by atoms with van der Waals surface area (Å²) >= 11 is 0. The Balaban J connectivity index is 1.64. The number of hydrogen-bond acceptors (Lipinski definition) is 4. The van der Waals surface area contributed by atoms with Gasteiger partial charge in [0, 0.05) is 24.7 Å². The average Bonchev–Trinajstić information content (AvgIpc) is 2.94. The number of hydrogen-bond donors (Lipinski definition) is 2. The summed E-state index contributed by atoms with van der Waals surface area (Å²) in [7, 11) is -3.62. The first-order valence-electron chi connectivity index (χ1n) is 8.68. The van der Waals surface area contributed by atoms with Crippen LogP contribution >= 0.6 is 0 Å². The predicted octanol–water partition coefficient (Wildman–Crippen LogP) is 1.92. The number of aromatic nitrogens is 2. The molecule has 0 unspecified atom stereocenters. The summed E-state index contributed by atoms with van der Waals surface area (Å²) in [4.78, 5) is 14.7. The fourth-order valence-corrected chi connectivity index (χ4v) is 5.07. The summed E-state index contributed by atoms with van der Waals surface area (Å²) in [6.07, 6.45) is 1.18. The Labute approximate surface area is 153 Å². The highest BCUT2D eigenvalue weighted by Crippen LogP contribution is 2.20. The lowest BCUT2D eigenvalue weighted by molar-refractivity contribution is 0.0710. The van der Waals surface area contributed by atoms with E-state index in [0.717, 1.165) is 5.56 Å². The van der Waals surface area contributed by atoms with E-state index in [1.165, 1.54) is 0 Å². The standard InChI is InChI=1S/C18H24N4O3S/c1-12-6-4-5-7-16(12)18(23)22-10-8-15(9-11-22)21-26(24,25)17-13(2)19-20-14(17)3/h4-7,15,21H,8-11H2,1-3H3,(H,19,20). The molecule has 2 aromatic rings. The van der Waals surface area contributed by atoms with Gasteiger partial charge in [0.2, 0.25) is 10.0 Å². The highest BCUT2D eigenvalue weighted by atomic mass is 32.2. The van der Waals surface area contributed by atoms with Gasteiger partial charge in [-0.15, -0.1) is 0 Å². The molecule has 0 saturated carbocycles. The zero-order chi connectivity index (χ0) is 18.9. The number of aromatic amines is 1. The molecule has 0 spiro atoms. The topological polar surface area (TPSA) is 95.2 Å². The Bertz CT molecular complexity index is 893. The first-order chi connectivity index (χ1) is 12.3. The van der Waals surface area contributed by atoms with Crippen LogP contribution in [0.5, 0.6) is 0 Å². The first kappa shape index (κ1) is 18.6. The fraction of sp³-hybridized carbons (Fsp3) is 0.444. The zero-order valence-corrected chi connectivity index (χ0v) is 16.1. The van der Waals surface area contributed by atoms with Crippen molar-refractivity contribution in [3.63, 3.8) is 0 Å². The largest absolute Gasteiger partial charge is 0.339 e. The molecule has 26 heavy (non-hydrogen) atoms. The lowest BCUT2D eigenvalue weighted by atomic mass is 10.0. The summed E-state index contributed by atoms with van der Waals surface area (Å²) in [6, 6.07) is 7.33. The minimum absolute atomic E-state index is 0.00549. The highest BCUT2D eigenvalue weighted by Gasteiger charge is 2.29. The number of amides is 1. The van der Waals surface area contributed by atoms with Crippen LogP contribution in [0.4, 0.5) is 0 Å². The van der Waals surface area contributed by atoms with E-state index in [4.69, 9.17) is 0 Å². The van der Waals surface area contributed by atoms with Crippen molar-refractivity contribution in [2.45, 2.75) is 44.6 Å². The number of carbonyl (C=O) groups excluding carboxylic acids is 1. The van der Waals surface area contributed by atoms with Crippen LogP contribution in [0.25, 0.3) is 0 Å². The number of sulfonamides is 1. The van der Waals surface area contributed by atoms with Gasteiger partial charge < -0.3 is 4.90 Å². The maximum Gasteiger partial charge on any atom is 0.254 e. The summed E-state index contributed by atoms with van der Waals surface area (Å²) in [5, 5.41) is 6.66. The number of H-pyrrole nitrogens is 1. The predicted molar refractivity (Wildman–Crippen MR) is 98.5 cm³/mol. The molecular formula is C18H24N4O3S. The Morgan fingerprint density at radius 3 is 2.42 bits per heavy atom. The Morgan fingerprint density at radius 1 is 1.19 bits per heavy atom. The Kier molecular flexibility index (Phi) is 5.15. The summed E-state index contributed by atoms with van der Waals surface area (Å²) in [6.45, 7) is 6.34. The van der Waals surface area contributed by atoms with Crippen LogP contribution in [0.15, 0.2) is 29.2 Å². The SMILES string of the molecule is Cc1ccccc1C(=O)N1CCC(NS(=O)(=O)c2c(C)n[nH]c2C)CC1. The maximum absolute atomic E-state index is 12.7. The van der Waals surface area contributed by atoms with Crippen molar-refractivity contribution in [3.05, 3.63) is 46.8 Å². The Hall–Kier alpha value is -2.19. The molecule has 0 radical (unpaired) electrons. The number of carbonyl (C=O) groups is 1. The van der Waals surface area contributed by atoms with Gasteiger partial charge in [0.25, 0.3) is 5.91 Å². The molecule has 140 valence electrons. The van der Waals surface area contributed by atoms with Crippen LogP contribution in [0.1, 0.15) is 40.2 Å². The van der Waals surface area contributed by atoms with E-state index in [-0.39, 0.29) is 16.8 Å². The highest BCUT2D eigenvalue weighted by molar-refractivity contribution is 7.89. The first-order valence-corrected chi connectivity index (χ1v) is 10.2. The van der Waals surface area contributed by atoms with Gasteiger partial charge in [-0.2, -0.15) is 5.10 Å². The third kappa shape index (κ3) is 3.66. The second kappa shape index (κ2) is 7.20. The maximum atomic E-state index is 12.7. The molecule has 1 aliphatic rings. The second-order valence-corrected chi connectivity index (χ2v) is 8.42. The normalized spacial score (nSPS) is 16.0. The van der Waals surface area contributed by atoms with Crippen molar-refractivity contribution in [1.82, 2.24) is 19.8 Å². The molecule has 1 amide bonds. The molecule has 1 saturated heterocycles. The van der Waals surface area contributed by atoms with Crippen LogP contribution < -0.4 is 4.72 Å². The molecule has 3 rings (SSSR count). The molecule has 8 heteroatoms. The van der Waals surface area contributed by atoms with Gasteiger partial charge in [0.05, 0.1) is 11.4 Å². The number of rotatable bonds is 4. The zero-order valence-electron chi connectivity index (χ0n) is 15.2. The molecule has 7 nitrogen and oxygen atoms in total.